The molecule has 0 bridgehead atoms. The summed E-state index contributed by atoms with van der Waals surface area (Å²) in [5.74, 6) is 0.147. The van der Waals surface area contributed by atoms with E-state index in [1.807, 2.05) is 6.07 Å². The first-order valence-corrected chi connectivity index (χ1v) is 11.6. The van der Waals surface area contributed by atoms with Gasteiger partial charge >= 0.3 is 0 Å². The maximum atomic E-state index is 12.6. The van der Waals surface area contributed by atoms with E-state index in [0.717, 1.165) is 29.4 Å². The predicted molar refractivity (Wildman–Crippen MR) is 117 cm³/mol. The molecule has 0 aliphatic heterocycles. The van der Waals surface area contributed by atoms with E-state index in [1.165, 1.54) is 23.3 Å². The molecule has 30 heavy (non-hydrogen) atoms. The molecular formula is C23H26N2O4S. The lowest BCUT2D eigenvalue weighted by molar-refractivity contribution is -0.115. The van der Waals surface area contributed by atoms with Crippen molar-refractivity contribution in [2.75, 3.05) is 5.32 Å². The standard InChI is InChI=1S/C23H26N2O4S/c1-14(2)20-12-21-16(13-29-22(21)9-15(20)3)10-23(26)24-18-5-4-6-19(11-18)30(27,28)25-17-7-8-17/h4-6,9,11-14,17,25H,7-8,10H2,1-3H3,(H,24,26). The van der Waals surface area contributed by atoms with Crippen LogP contribution in [0.3, 0.4) is 0 Å². The molecule has 0 spiro atoms. The lowest BCUT2D eigenvalue weighted by Crippen LogP contribution is -2.25. The van der Waals surface area contributed by atoms with E-state index in [0.29, 0.717) is 11.6 Å². The predicted octanol–water partition coefficient (Wildman–Crippen LogP) is 4.49. The van der Waals surface area contributed by atoms with Gasteiger partial charge in [0.05, 0.1) is 17.6 Å². The number of nitrogens with one attached hydrogen (secondary N) is 2. The van der Waals surface area contributed by atoms with E-state index in [9.17, 15) is 13.2 Å². The average molecular weight is 427 g/mol. The molecule has 7 heteroatoms. The molecule has 1 heterocycles. The van der Waals surface area contributed by atoms with Crippen LogP contribution < -0.4 is 10.0 Å². The van der Waals surface area contributed by atoms with Crippen molar-refractivity contribution in [1.82, 2.24) is 4.72 Å². The van der Waals surface area contributed by atoms with E-state index in [2.05, 4.69) is 36.9 Å². The van der Waals surface area contributed by atoms with Crippen molar-refractivity contribution in [3.63, 3.8) is 0 Å². The molecule has 1 aromatic heterocycles. The number of hydrogen-bond donors (Lipinski definition) is 2. The van der Waals surface area contributed by atoms with Crippen LogP contribution in [0, 0.1) is 6.92 Å². The number of carbonyl (C=O) groups is 1. The first-order valence-electron chi connectivity index (χ1n) is 10.2. The first-order chi connectivity index (χ1) is 14.2. The van der Waals surface area contributed by atoms with Crippen LogP contribution in [0.1, 0.15) is 49.3 Å². The van der Waals surface area contributed by atoms with Crippen LogP contribution in [-0.2, 0) is 21.2 Å². The third-order valence-electron chi connectivity index (χ3n) is 5.34. The summed E-state index contributed by atoms with van der Waals surface area (Å²) in [7, 11) is -3.57. The Hall–Kier alpha value is -2.64. The number of aryl methyl sites for hydroxylation is 1. The van der Waals surface area contributed by atoms with Gasteiger partial charge in [0.1, 0.15) is 5.58 Å². The Balaban J connectivity index is 1.51. The van der Waals surface area contributed by atoms with Crippen LogP contribution in [0.25, 0.3) is 11.0 Å². The molecule has 4 rings (SSSR count). The molecule has 1 amide bonds. The fraction of sp³-hybridized carbons (Fsp3) is 0.348. The Morgan fingerprint density at radius 1 is 1.20 bits per heavy atom. The molecule has 2 aromatic carbocycles. The lowest BCUT2D eigenvalue weighted by Gasteiger charge is -2.10. The summed E-state index contributed by atoms with van der Waals surface area (Å²) < 4.78 is 33.1. The van der Waals surface area contributed by atoms with Crippen molar-refractivity contribution in [2.45, 2.75) is 56.9 Å². The number of fused-ring (bicyclic) bond motifs is 1. The molecule has 0 atom stereocenters. The van der Waals surface area contributed by atoms with Crippen LogP contribution in [0.5, 0.6) is 0 Å². The largest absolute Gasteiger partial charge is 0.464 e. The summed E-state index contributed by atoms with van der Waals surface area (Å²) in [6.45, 7) is 6.34. The Labute approximate surface area is 176 Å². The molecule has 1 aliphatic carbocycles. The highest BCUT2D eigenvalue weighted by molar-refractivity contribution is 7.89. The maximum absolute atomic E-state index is 12.6. The van der Waals surface area contributed by atoms with Crippen molar-refractivity contribution in [3.05, 3.63) is 59.4 Å². The number of amides is 1. The van der Waals surface area contributed by atoms with Gasteiger partial charge in [-0.1, -0.05) is 19.9 Å². The summed E-state index contributed by atoms with van der Waals surface area (Å²) >= 11 is 0. The molecule has 1 saturated carbocycles. The number of furan rings is 1. The number of anilines is 1. The van der Waals surface area contributed by atoms with Crippen LogP contribution >= 0.6 is 0 Å². The highest BCUT2D eigenvalue weighted by atomic mass is 32.2. The number of hydrogen-bond acceptors (Lipinski definition) is 4. The SMILES string of the molecule is Cc1cc2occ(CC(=O)Nc3cccc(S(=O)(=O)NC4CC4)c3)c2cc1C(C)C. The molecule has 158 valence electrons. The molecule has 0 saturated heterocycles. The third-order valence-corrected chi connectivity index (χ3v) is 6.86. The van der Waals surface area contributed by atoms with Gasteiger partial charge in [-0.15, -0.1) is 0 Å². The van der Waals surface area contributed by atoms with E-state index in [-0.39, 0.29) is 23.3 Å². The van der Waals surface area contributed by atoms with Crippen LogP contribution in [-0.4, -0.2) is 20.4 Å². The Morgan fingerprint density at radius 2 is 1.97 bits per heavy atom. The number of benzene rings is 2. The van der Waals surface area contributed by atoms with E-state index >= 15 is 0 Å². The summed E-state index contributed by atoms with van der Waals surface area (Å²) in [6.07, 6.45) is 3.50. The molecule has 0 unspecified atom stereocenters. The van der Waals surface area contributed by atoms with Crippen molar-refractivity contribution >= 4 is 32.6 Å². The Bertz CT molecular complexity index is 1210. The number of rotatable bonds is 7. The molecule has 3 aromatic rings. The zero-order chi connectivity index (χ0) is 21.5. The van der Waals surface area contributed by atoms with Crippen molar-refractivity contribution in [3.8, 4) is 0 Å². The summed E-state index contributed by atoms with van der Waals surface area (Å²) in [5, 5.41) is 3.74. The molecule has 1 aliphatic rings. The minimum absolute atomic E-state index is 0.0296. The van der Waals surface area contributed by atoms with Crippen molar-refractivity contribution < 1.29 is 17.6 Å². The minimum atomic E-state index is -3.57. The summed E-state index contributed by atoms with van der Waals surface area (Å²) in [5.41, 5.74) is 4.42. The maximum Gasteiger partial charge on any atom is 0.240 e. The fourth-order valence-corrected chi connectivity index (χ4v) is 4.96. The van der Waals surface area contributed by atoms with E-state index in [4.69, 9.17) is 4.42 Å². The quantitative estimate of drug-likeness (QED) is 0.583. The first kappa shape index (κ1) is 20.6. The Kier molecular flexibility index (Phi) is 5.42. The molecular weight excluding hydrogens is 400 g/mol. The zero-order valence-electron chi connectivity index (χ0n) is 17.4. The summed E-state index contributed by atoms with van der Waals surface area (Å²) in [4.78, 5) is 12.8. The van der Waals surface area contributed by atoms with Crippen LogP contribution in [0.15, 0.2) is 52.0 Å². The zero-order valence-corrected chi connectivity index (χ0v) is 18.2. The van der Waals surface area contributed by atoms with Gasteiger partial charge in [-0.2, -0.15) is 0 Å². The van der Waals surface area contributed by atoms with Crippen molar-refractivity contribution in [1.29, 1.82) is 0 Å². The Morgan fingerprint density at radius 3 is 2.67 bits per heavy atom. The number of carbonyl (C=O) groups excluding carboxylic acids is 1. The topological polar surface area (TPSA) is 88.4 Å². The van der Waals surface area contributed by atoms with Gasteiger partial charge in [0.2, 0.25) is 15.9 Å². The fourth-order valence-electron chi connectivity index (χ4n) is 3.61. The molecule has 6 nitrogen and oxygen atoms in total. The minimum Gasteiger partial charge on any atom is -0.464 e. The van der Waals surface area contributed by atoms with Gasteiger partial charge in [0.25, 0.3) is 0 Å². The molecule has 2 N–H and O–H groups in total. The average Bonchev–Trinajstić information content (AvgIpc) is 3.40. The lowest BCUT2D eigenvalue weighted by atomic mass is 9.95. The normalized spacial score (nSPS) is 14.4. The van der Waals surface area contributed by atoms with Gasteiger partial charge < -0.3 is 9.73 Å². The van der Waals surface area contributed by atoms with Crippen LogP contribution in [0.4, 0.5) is 5.69 Å². The van der Waals surface area contributed by atoms with E-state index < -0.39 is 10.0 Å². The van der Waals surface area contributed by atoms with Gasteiger partial charge in [-0.25, -0.2) is 13.1 Å². The van der Waals surface area contributed by atoms with Gasteiger partial charge in [-0.3, -0.25) is 4.79 Å². The highest BCUT2D eigenvalue weighted by Crippen LogP contribution is 2.29. The highest BCUT2D eigenvalue weighted by Gasteiger charge is 2.28. The summed E-state index contributed by atoms with van der Waals surface area (Å²) in [6, 6.07) is 10.5. The van der Waals surface area contributed by atoms with Crippen molar-refractivity contribution in [2.24, 2.45) is 0 Å². The van der Waals surface area contributed by atoms with Gasteiger partial charge in [0.15, 0.2) is 0 Å². The second-order valence-electron chi connectivity index (χ2n) is 8.27. The molecule has 1 fully saturated rings. The van der Waals surface area contributed by atoms with Gasteiger partial charge in [0, 0.05) is 22.7 Å². The van der Waals surface area contributed by atoms with Crippen LogP contribution in [0.2, 0.25) is 0 Å². The van der Waals surface area contributed by atoms with Gasteiger partial charge in [-0.05, 0) is 67.1 Å². The smallest absolute Gasteiger partial charge is 0.240 e. The second kappa shape index (κ2) is 7.89. The number of sulfonamides is 1. The second-order valence-corrected chi connectivity index (χ2v) is 9.98. The third kappa shape index (κ3) is 4.42. The monoisotopic (exact) mass is 426 g/mol. The van der Waals surface area contributed by atoms with E-state index in [1.54, 1.807) is 18.4 Å². The molecule has 0 radical (unpaired) electrons.